The standard InChI is InChI=1S/C28H34N2O11/c1-15(20(39-17(3)31)16(2)12-18-8-6-5-7-9-18)10-11-26-21(32)22(33)28(41-26,24(34)35)27(37,25(36)38-4)23(40-26)19-13-29-14-30-19/h5-9,13-14,16,20-23,32-33,37H,1,10-12H2,2-4H3,(H,29,30)(H,34,35)/t16-,20-,21-,22-,23-,26+,27-,28+/m1/s1. The van der Waals surface area contributed by atoms with Gasteiger partial charge in [-0.3, -0.25) is 4.79 Å². The summed E-state index contributed by atoms with van der Waals surface area (Å²) in [4.78, 5) is 44.1. The number of hydrogen-bond acceptors (Lipinski definition) is 11. The van der Waals surface area contributed by atoms with Gasteiger partial charge in [-0.1, -0.05) is 43.8 Å². The number of aliphatic hydroxyl groups is 3. The van der Waals surface area contributed by atoms with Gasteiger partial charge in [0.15, 0.2) is 5.79 Å². The molecule has 1 aromatic heterocycles. The smallest absolute Gasteiger partial charge is 0.344 e. The molecule has 222 valence electrons. The van der Waals surface area contributed by atoms with Crippen molar-refractivity contribution in [2.24, 2.45) is 5.92 Å². The largest absolute Gasteiger partial charge is 0.479 e. The summed E-state index contributed by atoms with van der Waals surface area (Å²) >= 11 is 0. The van der Waals surface area contributed by atoms with Gasteiger partial charge in [0, 0.05) is 19.3 Å². The number of aromatic amines is 1. The number of imidazole rings is 1. The van der Waals surface area contributed by atoms with Crippen molar-refractivity contribution in [3.05, 3.63) is 66.3 Å². The Balaban J connectivity index is 1.68. The molecule has 2 fully saturated rings. The molecule has 2 aromatic rings. The van der Waals surface area contributed by atoms with Crippen LogP contribution in [-0.2, 0) is 39.8 Å². The molecule has 3 heterocycles. The highest BCUT2D eigenvalue weighted by molar-refractivity contribution is 5.94. The second kappa shape index (κ2) is 11.3. The van der Waals surface area contributed by atoms with Crippen molar-refractivity contribution < 1.29 is 53.8 Å². The van der Waals surface area contributed by atoms with Crippen molar-refractivity contribution in [3.8, 4) is 0 Å². The van der Waals surface area contributed by atoms with Crippen LogP contribution in [0.5, 0.6) is 0 Å². The van der Waals surface area contributed by atoms with Crippen LogP contribution in [0.4, 0.5) is 0 Å². The van der Waals surface area contributed by atoms with Crippen LogP contribution in [-0.4, -0.2) is 90.7 Å². The number of H-pyrrole nitrogens is 1. The number of carbonyl (C=O) groups is 3. The quantitative estimate of drug-likeness (QED) is 0.187. The van der Waals surface area contributed by atoms with E-state index >= 15 is 0 Å². The van der Waals surface area contributed by atoms with E-state index in [-0.39, 0.29) is 24.5 Å². The van der Waals surface area contributed by atoms with E-state index < -0.39 is 59.3 Å². The zero-order chi connectivity index (χ0) is 30.2. The number of benzene rings is 1. The minimum absolute atomic E-state index is 0.0249. The third-order valence-electron chi connectivity index (χ3n) is 7.79. The predicted octanol–water partition coefficient (Wildman–Crippen LogP) is 0.804. The predicted molar refractivity (Wildman–Crippen MR) is 139 cm³/mol. The van der Waals surface area contributed by atoms with Gasteiger partial charge in [-0.15, -0.1) is 0 Å². The zero-order valence-electron chi connectivity index (χ0n) is 22.9. The molecule has 2 aliphatic rings. The van der Waals surface area contributed by atoms with Gasteiger partial charge in [-0.2, -0.15) is 0 Å². The molecule has 2 saturated heterocycles. The van der Waals surface area contributed by atoms with Crippen LogP contribution < -0.4 is 0 Å². The van der Waals surface area contributed by atoms with Crippen LogP contribution in [0.2, 0.25) is 0 Å². The number of aliphatic carboxylic acids is 1. The number of carbonyl (C=O) groups excluding carboxylic acids is 2. The molecule has 1 aromatic carbocycles. The summed E-state index contributed by atoms with van der Waals surface area (Å²) in [5.74, 6) is -6.41. The summed E-state index contributed by atoms with van der Waals surface area (Å²) in [6.07, 6.45) is -4.32. The number of ether oxygens (including phenoxy) is 4. The highest BCUT2D eigenvalue weighted by atomic mass is 16.8. The highest BCUT2D eigenvalue weighted by Gasteiger charge is 2.83. The molecular formula is C28H34N2O11. The van der Waals surface area contributed by atoms with Crippen molar-refractivity contribution in [1.29, 1.82) is 0 Å². The summed E-state index contributed by atoms with van der Waals surface area (Å²) in [7, 11) is 0.912. The van der Waals surface area contributed by atoms with E-state index in [2.05, 4.69) is 16.5 Å². The first-order chi connectivity index (χ1) is 19.3. The third kappa shape index (κ3) is 4.93. The Bertz CT molecular complexity index is 1290. The molecule has 0 amide bonds. The normalized spacial score (nSPS) is 32.1. The van der Waals surface area contributed by atoms with Crippen LogP contribution in [0.1, 0.15) is 44.1 Å². The lowest BCUT2D eigenvalue weighted by molar-refractivity contribution is -0.383. The fourth-order valence-electron chi connectivity index (χ4n) is 5.79. The van der Waals surface area contributed by atoms with Gasteiger partial charge < -0.3 is 44.4 Å². The molecule has 0 saturated carbocycles. The number of carboxylic acid groups (broad SMARTS) is 1. The molecule has 2 bridgehead atoms. The van der Waals surface area contributed by atoms with Gasteiger partial charge in [0.2, 0.25) is 11.2 Å². The Labute approximate surface area is 235 Å². The summed E-state index contributed by atoms with van der Waals surface area (Å²) in [6.45, 7) is 7.23. The van der Waals surface area contributed by atoms with Crippen LogP contribution in [0.3, 0.4) is 0 Å². The van der Waals surface area contributed by atoms with E-state index in [9.17, 15) is 34.8 Å². The molecule has 2 aliphatic heterocycles. The summed E-state index contributed by atoms with van der Waals surface area (Å²) in [6, 6.07) is 9.54. The summed E-state index contributed by atoms with van der Waals surface area (Å²) in [5, 5.41) is 44.2. The van der Waals surface area contributed by atoms with Gasteiger partial charge in [0.25, 0.3) is 0 Å². The average molecular weight is 575 g/mol. The van der Waals surface area contributed by atoms with Crippen LogP contribution >= 0.6 is 0 Å². The van der Waals surface area contributed by atoms with Gasteiger partial charge in [-0.25, -0.2) is 14.6 Å². The first-order valence-electron chi connectivity index (χ1n) is 13.0. The van der Waals surface area contributed by atoms with E-state index in [1.54, 1.807) is 0 Å². The van der Waals surface area contributed by atoms with E-state index in [4.69, 9.17) is 18.9 Å². The van der Waals surface area contributed by atoms with Crippen LogP contribution in [0.25, 0.3) is 0 Å². The molecule has 0 spiro atoms. The lowest BCUT2D eigenvalue weighted by Crippen LogP contribution is -2.74. The first kappa shape index (κ1) is 30.3. The number of nitrogens with one attached hydrogen (secondary N) is 1. The Hall–Kier alpha value is -3.62. The second-order valence-corrected chi connectivity index (χ2v) is 10.5. The van der Waals surface area contributed by atoms with Crippen molar-refractivity contribution in [2.45, 2.75) is 74.5 Å². The SMILES string of the molecule is C=C(CC[C@]12O[C@H](c3cnc[nH]3)[C@@](O)(C(=O)OC)[C@](C(=O)O)(O1)[C@H](O)[C@H]2O)[C@@H](OC(C)=O)[C@H](C)Cc1ccccc1. The van der Waals surface area contributed by atoms with Gasteiger partial charge in [0.1, 0.15) is 24.4 Å². The first-order valence-corrected chi connectivity index (χ1v) is 13.0. The Morgan fingerprint density at radius 3 is 2.44 bits per heavy atom. The number of fused-ring (bicyclic) bond motifs is 2. The van der Waals surface area contributed by atoms with E-state index in [1.165, 1.54) is 19.4 Å². The number of nitrogens with zero attached hydrogens (tertiary/aromatic N) is 1. The monoisotopic (exact) mass is 574 g/mol. The Kier molecular flexibility index (Phi) is 8.39. The molecule has 41 heavy (non-hydrogen) atoms. The maximum Gasteiger partial charge on any atom is 0.344 e. The second-order valence-electron chi connectivity index (χ2n) is 10.5. The van der Waals surface area contributed by atoms with Gasteiger partial charge in [-0.05, 0) is 24.0 Å². The summed E-state index contributed by atoms with van der Waals surface area (Å²) in [5.41, 5.74) is -4.86. The highest BCUT2D eigenvalue weighted by Crippen LogP contribution is 2.58. The topological polar surface area (TPSA) is 198 Å². The Morgan fingerprint density at radius 2 is 1.88 bits per heavy atom. The lowest BCUT2D eigenvalue weighted by Gasteiger charge is -2.50. The van der Waals surface area contributed by atoms with Crippen molar-refractivity contribution in [1.82, 2.24) is 9.97 Å². The molecular weight excluding hydrogens is 540 g/mol. The molecule has 13 nitrogen and oxygen atoms in total. The molecule has 0 radical (unpaired) electrons. The number of hydrogen-bond donors (Lipinski definition) is 5. The molecule has 4 rings (SSSR count). The van der Waals surface area contributed by atoms with Gasteiger partial charge in [0.05, 0.1) is 25.3 Å². The zero-order valence-corrected chi connectivity index (χ0v) is 22.9. The number of methoxy groups -OCH3 is 1. The average Bonchev–Trinajstić information content (AvgIpc) is 3.54. The summed E-state index contributed by atoms with van der Waals surface area (Å²) < 4.78 is 22.0. The number of aromatic nitrogens is 2. The molecule has 13 heteroatoms. The molecule has 0 aliphatic carbocycles. The van der Waals surface area contributed by atoms with Crippen molar-refractivity contribution in [2.75, 3.05) is 7.11 Å². The third-order valence-corrected chi connectivity index (χ3v) is 7.79. The maximum atomic E-state index is 12.9. The number of esters is 2. The van der Waals surface area contributed by atoms with Crippen LogP contribution in [0.15, 0.2) is 55.0 Å². The maximum absolute atomic E-state index is 12.9. The van der Waals surface area contributed by atoms with E-state index in [0.717, 1.165) is 12.7 Å². The number of rotatable bonds is 11. The number of carboxylic acids is 1. The Morgan fingerprint density at radius 1 is 1.20 bits per heavy atom. The lowest BCUT2D eigenvalue weighted by atomic mass is 9.74. The van der Waals surface area contributed by atoms with Crippen molar-refractivity contribution >= 4 is 17.9 Å². The minimum Gasteiger partial charge on any atom is -0.479 e. The fourth-order valence-corrected chi connectivity index (χ4v) is 5.79. The van der Waals surface area contributed by atoms with Gasteiger partial charge >= 0.3 is 17.9 Å². The molecule has 5 N–H and O–H groups in total. The minimum atomic E-state index is -3.15. The molecule has 0 unspecified atom stereocenters. The van der Waals surface area contributed by atoms with Crippen LogP contribution in [0, 0.1) is 5.92 Å². The van der Waals surface area contributed by atoms with E-state index in [1.807, 2.05) is 37.3 Å². The number of aliphatic hydroxyl groups excluding tert-OH is 2. The fraction of sp³-hybridized carbons (Fsp3) is 0.500. The van der Waals surface area contributed by atoms with Crippen molar-refractivity contribution in [3.63, 3.8) is 0 Å². The molecule has 8 atom stereocenters. The van der Waals surface area contributed by atoms with E-state index in [0.29, 0.717) is 12.0 Å².